The topological polar surface area (TPSA) is 101 Å². The molecule has 0 aromatic heterocycles. The van der Waals surface area contributed by atoms with Gasteiger partial charge in [-0.1, -0.05) is 41.9 Å². The van der Waals surface area contributed by atoms with Crippen LogP contribution in [-0.4, -0.2) is 16.7 Å². The van der Waals surface area contributed by atoms with Crippen LogP contribution < -0.4 is 10.6 Å². The summed E-state index contributed by atoms with van der Waals surface area (Å²) in [4.78, 5) is 34.6. The molecule has 146 valence electrons. The SMILES string of the molecule is O=C(Cc1ccccc1)Nc1ccc(NC(=O)c2ccc([N+](=O)[O-])cc2Cl)cc1. The van der Waals surface area contributed by atoms with Crippen molar-refractivity contribution in [2.24, 2.45) is 0 Å². The third kappa shape index (κ3) is 5.40. The van der Waals surface area contributed by atoms with Crippen LogP contribution in [0.15, 0.2) is 72.8 Å². The molecular formula is C21H16ClN3O4. The van der Waals surface area contributed by atoms with Gasteiger partial charge in [-0.3, -0.25) is 19.7 Å². The van der Waals surface area contributed by atoms with Crippen LogP contribution in [0.1, 0.15) is 15.9 Å². The smallest absolute Gasteiger partial charge is 0.270 e. The van der Waals surface area contributed by atoms with E-state index in [-0.39, 0.29) is 28.6 Å². The molecule has 0 bridgehead atoms. The Morgan fingerprint density at radius 1 is 0.897 bits per heavy atom. The molecule has 0 aliphatic carbocycles. The molecule has 2 N–H and O–H groups in total. The van der Waals surface area contributed by atoms with Crippen molar-refractivity contribution in [2.45, 2.75) is 6.42 Å². The van der Waals surface area contributed by atoms with Crippen LogP contribution in [-0.2, 0) is 11.2 Å². The number of carbonyl (C=O) groups is 2. The number of amides is 2. The predicted molar refractivity (Wildman–Crippen MR) is 111 cm³/mol. The largest absolute Gasteiger partial charge is 0.326 e. The third-order valence-corrected chi connectivity index (χ3v) is 4.35. The summed E-state index contributed by atoms with van der Waals surface area (Å²) < 4.78 is 0. The summed E-state index contributed by atoms with van der Waals surface area (Å²) in [6.45, 7) is 0. The second-order valence-corrected chi connectivity index (χ2v) is 6.57. The van der Waals surface area contributed by atoms with Crippen LogP contribution in [0.4, 0.5) is 17.1 Å². The number of nitrogens with one attached hydrogen (secondary N) is 2. The van der Waals surface area contributed by atoms with Crippen molar-refractivity contribution >= 4 is 40.5 Å². The van der Waals surface area contributed by atoms with E-state index < -0.39 is 10.8 Å². The fourth-order valence-electron chi connectivity index (χ4n) is 2.62. The maximum atomic E-state index is 12.3. The van der Waals surface area contributed by atoms with E-state index >= 15 is 0 Å². The van der Waals surface area contributed by atoms with E-state index in [4.69, 9.17) is 11.6 Å². The third-order valence-electron chi connectivity index (χ3n) is 4.04. The quantitative estimate of drug-likeness (QED) is 0.455. The number of nitro groups is 1. The number of rotatable bonds is 6. The lowest BCUT2D eigenvalue weighted by molar-refractivity contribution is -0.384. The van der Waals surface area contributed by atoms with Crippen molar-refractivity contribution in [1.29, 1.82) is 0 Å². The van der Waals surface area contributed by atoms with Gasteiger partial charge in [0.15, 0.2) is 0 Å². The molecule has 0 fully saturated rings. The summed E-state index contributed by atoms with van der Waals surface area (Å²) in [6, 6.07) is 19.6. The molecule has 0 radical (unpaired) electrons. The van der Waals surface area contributed by atoms with Gasteiger partial charge in [-0.2, -0.15) is 0 Å². The first kappa shape index (κ1) is 20.0. The summed E-state index contributed by atoms with van der Waals surface area (Å²) in [5.41, 5.74) is 1.93. The second kappa shape index (κ2) is 8.99. The maximum absolute atomic E-state index is 12.3. The first-order valence-electron chi connectivity index (χ1n) is 8.61. The van der Waals surface area contributed by atoms with Crippen LogP contribution >= 0.6 is 11.6 Å². The predicted octanol–water partition coefficient (Wildman–Crippen LogP) is 4.68. The molecule has 0 saturated heterocycles. The van der Waals surface area contributed by atoms with Gasteiger partial charge in [0.05, 0.1) is 21.9 Å². The zero-order chi connectivity index (χ0) is 20.8. The molecule has 3 aromatic carbocycles. The van der Waals surface area contributed by atoms with Gasteiger partial charge < -0.3 is 10.6 Å². The van der Waals surface area contributed by atoms with Gasteiger partial charge in [0, 0.05) is 23.5 Å². The summed E-state index contributed by atoms with van der Waals surface area (Å²) in [6.07, 6.45) is 0.262. The molecule has 0 unspecified atom stereocenters. The highest BCUT2D eigenvalue weighted by Crippen LogP contribution is 2.24. The van der Waals surface area contributed by atoms with Crippen LogP contribution in [0.5, 0.6) is 0 Å². The van der Waals surface area contributed by atoms with Gasteiger partial charge in [-0.15, -0.1) is 0 Å². The minimum Gasteiger partial charge on any atom is -0.326 e. The standard InChI is InChI=1S/C21H16ClN3O4/c22-19-13-17(25(28)29)10-11-18(19)21(27)24-16-8-6-15(7-9-16)23-20(26)12-14-4-2-1-3-5-14/h1-11,13H,12H2,(H,23,26)(H,24,27). The Kier molecular flexibility index (Phi) is 6.21. The van der Waals surface area contributed by atoms with E-state index in [1.165, 1.54) is 12.1 Å². The van der Waals surface area contributed by atoms with Gasteiger partial charge >= 0.3 is 0 Å². The summed E-state index contributed by atoms with van der Waals surface area (Å²) in [5.74, 6) is -0.642. The van der Waals surface area contributed by atoms with Gasteiger partial charge in [-0.05, 0) is 35.9 Å². The Hall–Kier alpha value is -3.71. The Morgan fingerprint density at radius 3 is 2.10 bits per heavy atom. The number of carbonyl (C=O) groups excluding carboxylic acids is 2. The second-order valence-electron chi connectivity index (χ2n) is 6.16. The number of hydrogen-bond donors (Lipinski definition) is 2. The summed E-state index contributed by atoms with van der Waals surface area (Å²) in [7, 11) is 0. The lowest BCUT2D eigenvalue weighted by Crippen LogP contribution is -2.15. The number of anilines is 2. The van der Waals surface area contributed by atoms with Crippen molar-refractivity contribution in [3.8, 4) is 0 Å². The van der Waals surface area contributed by atoms with Crippen molar-refractivity contribution in [2.75, 3.05) is 10.6 Å². The fraction of sp³-hybridized carbons (Fsp3) is 0.0476. The average molecular weight is 410 g/mol. The van der Waals surface area contributed by atoms with Gasteiger partial charge in [0.1, 0.15) is 0 Å². The summed E-state index contributed by atoms with van der Waals surface area (Å²) in [5, 5.41) is 16.2. The molecule has 8 heteroatoms. The van der Waals surface area contributed by atoms with Crippen LogP contribution in [0.2, 0.25) is 5.02 Å². The van der Waals surface area contributed by atoms with E-state index in [2.05, 4.69) is 10.6 Å². The van der Waals surface area contributed by atoms with E-state index in [0.717, 1.165) is 11.6 Å². The van der Waals surface area contributed by atoms with E-state index in [9.17, 15) is 19.7 Å². The molecule has 0 aliphatic rings. The van der Waals surface area contributed by atoms with Gasteiger partial charge in [-0.25, -0.2) is 0 Å². The fourth-order valence-corrected chi connectivity index (χ4v) is 2.88. The highest BCUT2D eigenvalue weighted by atomic mass is 35.5. The number of nitrogens with zero attached hydrogens (tertiary/aromatic N) is 1. The Balaban J connectivity index is 1.61. The first-order chi connectivity index (χ1) is 13.9. The monoisotopic (exact) mass is 409 g/mol. The molecule has 0 saturated carbocycles. The first-order valence-corrected chi connectivity index (χ1v) is 8.99. The molecule has 0 atom stereocenters. The number of nitro benzene ring substituents is 1. The van der Waals surface area contributed by atoms with Crippen LogP contribution in [0.25, 0.3) is 0 Å². The lowest BCUT2D eigenvalue weighted by atomic mass is 10.1. The molecule has 3 aromatic rings. The van der Waals surface area contributed by atoms with Crippen LogP contribution in [0, 0.1) is 10.1 Å². The normalized spacial score (nSPS) is 10.2. The molecule has 7 nitrogen and oxygen atoms in total. The zero-order valence-electron chi connectivity index (χ0n) is 15.1. The number of non-ortho nitro benzene ring substituents is 1. The van der Waals surface area contributed by atoms with E-state index in [1.54, 1.807) is 24.3 Å². The number of benzene rings is 3. The number of halogens is 1. The minimum atomic E-state index is -0.585. The Labute approximate surface area is 171 Å². The lowest BCUT2D eigenvalue weighted by Gasteiger charge is -2.09. The van der Waals surface area contributed by atoms with E-state index in [0.29, 0.717) is 11.4 Å². The molecule has 0 aliphatic heterocycles. The molecule has 0 heterocycles. The molecule has 2 amide bonds. The molecule has 3 rings (SSSR count). The molecular weight excluding hydrogens is 394 g/mol. The highest BCUT2D eigenvalue weighted by molar-refractivity contribution is 6.34. The van der Waals surface area contributed by atoms with Crippen molar-refractivity contribution < 1.29 is 14.5 Å². The van der Waals surface area contributed by atoms with Crippen molar-refractivity contribution in [3.63, 3.8) is 0 Å². The summed E-state index contributed by atoms with van der Waals surface area (Å²) >= 11 is 5.97. The zero-order valence-corrected chi connectivity index (χ0v) is 15.8. The van der Waals surface area contributed by atoms with Crippen molar-refractivity contribution in [3.05, 3.63) is 99.1 Å². The minimum absolute atomic E-state index is 0.0125. The number of hydrogen-bond acceptors (Lipinski definition) is 4. The average Bonchev–Trinajstić information content (AvgIpc) is 2.70. The highest BCUT2D eigenvalue weighted by Gasteiger charge is 2.15. The Bertz CT molecular complexity index is 1050. The Morgan fingerprint density at radius 2 is 1.52 bits per heavy atom. The van der Waals surface area contributed by atoms with E-state index in [1.807, 2.05) is 30.3 Å². The van der Waals surface area contributed by atoms with Crippen molar-refractivity contribution in [1.82, 2.24) is 0 Å². The maximum Gasteiger partial charge on any atom is 0.270 e. The van der Waals surface area contributed by atoms with Gasteiger partial charge in [0.25, 0.3) is 11.6 Å². The van der Waals surface area contributed by atoms with Crippen LogP contribution in [0.3, 0.4) is 0 Å². The molecule has 29 heavy (non-hydrogen) atoms. The molecule has 0 spiro atoms. The van der Waals surface area contributed by atoms with Gasteiger partial charge in [0.2, 0.25) is 5.91 Å².